The number of carbonyl (C=O) groups excluding carboxylic acids is 1. The molecule has 0 bridgehead atoms. The van der Waals surface area contributed by atoms with Crippen molar-refractivity contribution in [3.8, 4) is 22.3 Å². The molecule has 0 spiro atoms. The summed E-state index contributed by atoms with van der Waals surface area (Å²) in [5.41, 5.74) is 8.32. The van der Waals surface area contributed by atoms with Crippen LogP contribution in [0.5, 0.6) is 0 Å². The van der Waals surface area contributed by atoms with E-state index in [2.05, 4.69) is 56.3 Å². The lowest BCUT2D eigenvalue weighted by molar-refractivity contribution is 0.0601. The molecular formula is C29H32O2. The molecule has 3 aromatic rings. The third kappa shape index (κ3) is 3.69. The zero-order valence-electron chi connectivity index (χ0n) is 18.9. The maximum Gasteiger partial charge on any atom is 0.338 e. The van der Waals surface area contributed by atoms with E-state index in [0.29, 0.717) is 5.56 Å². The maximum atomic E-state index is 12.4. The van der Waals surface area contributed by atoms with Crippen LogP contribution in [0.3, 0.4) is 0 Å². The number of fused-ring (bicyclic) bond motifs is 3. The number of carbonyl (C=O) groups is 1. The van der Waals surface area contributed by atoms with Gasteiger partial charge in [-0.15, -0.1) is 0 Å². The number of rotatable bonds is 8. The lowest BCUT2D eigenvalue weighted by Crippen LogP contribution is -2.25. The summed E-state index contributed by atoms with van der Waals surface area (Å²) in [4.78, 5) is 12.4. The Morgan fingerprint density at radius 2 is 1.39 bits per heavy atom. The summed E-state index contributed by atoms with van der Waals surface area (Å²) in [6.07, 6.45) is 7.12. The van der Waals surface area contributed by atoms with Crippen molar-refractivity contribution < 1.29 is 9.53 Å². The first-order valence-electron chi connectivity index (χ1n) is 11.6. The van der Waals surface area contributed by atoms with Crippen molar-refractivity contribution in [2.75, 3.05) is 7.11 Å². The minimum atomic E-state index is -0.289. The Morgan fingerprint density at radius 1 is 0.774 bits per heavy atom. The minimum absolute atomic E-state index is 0.0498. The molecule has 0 saturated carbocycles. The number of hydrogen-bond donors (Lipinski definition) is 0. The van der Waals surface area contributed by atoms with Crippen molar-refractivity contribution >= 4 is 5.97 Å². The molecule has 0 heterocycles. The van der Waals surface area contributed by atoms with Gasteiger partial charge < -0.3 is 4.74 Å². The summed E-state index contributed by atoms with van der Waals surface area (Å²) in [6, 6.07) is 23.5. The summed E-state index contributed by atoms with van der Waals surface area (Å²) in [5, 5.41) is 0. The number of benzene rings is 3. The summed E-state index contributed by atoms with van der Waals surface area (Å²) in [5.74, 6) is -0.289. The van der Waals surface area contributed by atoms with Crippen LogP contribution in [0.4, 0.5) is 0 Å². The second-order valence-corrected chi connectivity index (χ2v) is 8.63. The normalized spacial score (nSPS) is 13.5. The van der Waals surface area contributed by atoms with E-state index in [9.17, 15) is 4.79 Å². The summed E-state index contributed by atoms with van der Waals surface area (Å²) in [6.45, 7) is 4.55. The lowest BCUT2D eigenvalue weighted by atomic mass is 9.70. The quantitative estimate of drug-likeness (QED) is 0.353. The average Bonchev–Trinajstić information content (AvgIpc) is 3.10. The Bertz CT molecular complexity index is 1070. The van der Waals surface area contributed by atoms with Gasteiger partial charge in [0.25, 0.3) is 0 Å². The molecule has 3 aromatic carbocycles. The predicted molar refractivity (Wildman–Crippen MR) is 128 cm³/mol. The minimum Gasteiger partial charge on any atom is -0.465 e. The van der Waals surface area contributed by atoms with E-state index >= 15 is 0 Å². The van der Waals surface area contributed by atoms with Gasteiger partial charge in [-0.2, -0.15) is 0 Å². The molecule has 0 aliphatic heterocycles. The van der Waals surface area contributed by atoms with E-state index < -0.39 is 0 Å². The first-order valence-corrected chi connectivity index (χ1v) is 11.6. The van der Waals surface area contributed by atoms with Crippen molar-refractivity contribution in [1.82, 2.24) is 0 Å². The molecule has 0 fully saturated rings. The summed E-state index contributed by atoms with van der Waals surface area (Å²) < 4.78 is 5.05. The second kappa shape index (κ2) is 9.09. The molecule has 0 atom stereocenters. The molecule has 0 amide bonds. The lowest BCUT2D eigenvalue weighted by Gasteiger charge is -2.33. The first kappa shape index (κ1) is 21.4. The van der Waals surface area contributed by atoms with Crippen molar-refractivity contribution in [2.24, 2.45) is 0 Å². The molecule has 0 radical (unpaired) electrons. The smallest absolute Gasteiger partial charge is 0.338 e. The van der Waals surface area contributed by atoms with Crippen molar-refractivity contribution in [3.05, 3.63) is 83.4 Å². The summed E-state index contributed by atoms with van der Waals surface area (Å²) >= 11 is 0. The molecule has 31 heavy (non-hydrogen) atoms. The van der Waals surface area contributed by atoms with E-state index in [4.69, 9.17) is 4.74 Å². The largest absolute Gasteiger partial charge is 0.465 e. The van der Waals surface area contributed by atoms with Gasteiger partial charge in [-0.1, -0.05) is 94.1 Å². The van der Waals surface area contributed by atoms with Crippen LogP contribution in [-0.2, 0) is 10.2 Å². The molecule has 1 aliphatic rings. The highest BCUT2D eigenvalue weighted by Gasteiger charge is 2.42. The molecule has 0 N–H and O–H groups in total. The number of hydrogen-bond acceptors (Lipinski definition) is 2. The Kier molecular flexibility index (Phi) is 6.27. The van der Waals surface area contributed by atoms with Crippen LogP contribution in [0, 0.1) is 0 Å². The molecule has 0 saturated heterocycles. The fourth-order valence-corrected chi connectivity index (χ4v) is 5.27. The third-order valence-corrected chi connectivity index (χ3v) is 6.83. The van der Waals surface area contributed by atoms with Crippen LogP contribution in [0.25, 0.3) is 22.3 Å². The van der Waals surface area contributed by atoms with Gasteiger partial charge in [0, 0.05) is 5.41 Å². The monoisotopic (exact) mass is 412 g/mol. The van der Waals surface area contributed by atoms with Gasteiger partial charge in [-0.05, 0) is 58.4 Å². The van der Waals surface area contributed by atoms with Gasteiger partial charge in [-0.3, -0.25) is 0 Å². The van der Waals surface area contributed by atoms with Gasteiger partial charge in [-0.25, -0.2) is 4.79 Å². The first-order chi connectivity index (χ1) is 15.2. The van der Waals surface area contributed by atoms with Gasteiger partial charge in [0.1, 0.15) is 0 Å². The average molecular weight is 413 g/mol. The SMILES string of the molecule is CCCCC1(CCCC)c2ccccc2-c2ccc(-c3ccccc3C(=O)OC)cc21. The highest BCUT2D eigenvalue weighted by atomic mass is 16.5. The number of unbranched alkanes of at least 4 members (excludes halogenated alkanes) is 2. The topological polar surface area (TPSA) is 26.3 Å². The zero-order chi connectivity index (χ0) is 21.8. The van der Waals surface area contributed by atoms with Crippen molar-refractivity contribution in [3.63, 3.8) is 0 Å². The van der Waals surface area contributed by atoms with E-state index in [-0.39, 0.29) is 11.4 Å². The van der Waals surface area contributed by atoms with E-state index in [1.165, 1.54) is 55.0 Å². The number of methoxy groups -OCH3 is 1. The van der Waals surface area contributed by atoms with Crippen LogP contribution in [0.2, 0.25) is 0 Å². The molecule has 0 aromatic heterocycles. The van der Waals surface area contributed by atoms with Crippen LogP contribution >= 0.6 is 0 Å². The van der Waals surface area contributed by atoms with Crippen LogP contribution < -0.4 is 0 Å². The van der Waals surface area contributed by atoms with Crippen LogP contribution in [0.1, 0.15) is 73.9 Å². The van der Waals surface area contributed by atoms with Gasteiger partial charge in [0.15, 0.2) is 0 Å². The Hall–Kier alpha value is -2.87. The predicted octanol–water partition coefficient (Wildman–Crippen LogP) is 7.79. The fourth-order valence-electron chi connectivity index (χ4n) is 5.27. The van der Waals surface area contributed by atoms with Crippen molar-refractivity contribution in [2.45, 2.75) is 57.8 Å². The van der Waals surface area contributed by atoms with Gasteiger partial charge >= 0.3 is 5.97 Å². The maximum absolute atomic E-state index is 12.4. The summed E-state index contributed by atoms with van der Waals surface area (Å²) in [7, 11) is 1.44. The molecular weight excluding hydrogens is 380 g/mol. The molecule has 2 nitrogen and oxygen atoms in total. The molecule has 4 rings (SSSR count). The molecule has 1 aliphatic carbocycles. The van der Waals surface area contributed by atoms with E-state index in [1.807, 2.05) is 24.3 Å². The van der Waals surface area contributed by atoms with Crippen molar-refractivity contribution in [1.29, 1.82) is 0 Å². The Labute approximate surface area is 186 Å². The Balaban J connectivity index is 1.92. The zero-order valence-corrected chi connectivity index (χ0v) is 18.9. The molecule has 0 unspecified atom stereocenters. The number of ether oxygens (including phenoxy) is 1. The number of esters is 1. The van der Waals surface area contributed by atoms with Gasteiger partial charge in [0.05, 0.1) is 12.7 Å². The van der Waals surface area contributed by atoms with E-state index in [1.54, 1.807) is 0 Å². The highest BCUT2D eigenvalue weighted by molar-refractivity contribution is 5.97. The Morgan fingerprint density at radius 3 is 2.06 bits per heavy atom. The second-order valence-electron chi connectivity index (χ2n) is 8.63. The van der Waals surface area contributed by atoms with Crippen LogP contribution in [0.15, 0.2) is 66.7 Å². The third-order valence-electron chi connectivity index (χ3n) is 6.83. The van der Waals surface area contributed by atoms with E-state index in [0.717, 1.165) is 24.0 Å². The highest BCUT2D eigenvalue weighted by Crippen LogP contribution is 2.54. The fraction of sp³-hybridized carbons (Fsp3) is 0.345. The van der Waals surface area contributed by atoms with Crippen LogP contribution in [-0.4, -0.2) is 13.1 Å². The standard InChI is InChI=1S/C29H32O2/c1-4-6-18-29(19-7-5-2)26-15-11-10-13-23(26)24-17-16-21(20-27(24)29)22-12-8-9-14-25(22)28(30)31-3/h8-17,20H,4-7,18-19H2,1-3H3. The van der Waals surface area contributed by atoms with Gasteiger partial charge in [0.2, 0.25) is 0 Å². The molecule has 2 heteroatoms. The molecule has 160 valence electrons.